The first-order chi connectivity index (χ1) is 10.0. The molecule has 1 aromatic heterocycles. The number of likely N-dealkylation sites (tertiary alicyclic amines) is 1. The summed E-state index contributed by atoms with van der Waals surface area (Å²) in [7, 11) is 0. The van der Waals surface area contributed by atoms with Gasteiger partial charge in [-0.3, -0.25) is 9.59 Å². The lowest BCUT2D eigenvalue weighted by atomic mass is 9.90. The summed E-state index contributed by atoms with van der Waals surface area (Å²) < 4.78 is 5.38. The highest BCUT2D eigenvalue weighted by molar-refractivity contribution is 5.96. The molecular weight excluding hydrogens is 272 g/mol. The molecule has 21 heavy (non-hydrogen) atoms. The van der Waals surface area contributed by atoms with Crippen molar-refractivity contribution in [3.63, 3.8) is 0 Å². The van der Waals surface area contributed by atoms with Crippen LogP contribution in [-0.4, -0.2) is 46.6 Å². The van der Waals surface area contributed by atoms with Crippen molar-refractivity contribution in [2.45, 2.75) is 20.3 Å². The van der Waals surface area contributed by atoms with Crippen molar-refractivity contribution in [2.24, 2.45) is 11.8 Å². The Bertz CT molecular complexity index is 532. The fourth-order valence-corrected chi connectivity index (χ4v) is 2.67. The molecule has 2 atom stereocenters. The molecule has 0 spiro atoms. The number of amides is 1. The van der Waals surface area contributed by atoms with Crippen molar-refractivity contribution in [3.05, 3.63) is 23.9 Å². The number of hydrogen-bond donors (Lipinski definition) is 1. The summed E-state index contributed by atoms with van der Waals surface area (Å²) >= 11 is 0. The number of piperidine rings is 1. The molecule has 1 amide bonds. The van der Waals surface area contributed by atoms with E-state index < -0.39 is 11.9 Å². The molecule has 2 heterocycles. The molecule has 2 rings (SSSR count). The van der Waals surface area contributed by atoms with Gasteiger partial charge in [0.15, 0.2) is 0 Å². The van der Waals surface area contributed by atoms with E-state index in [1.807, 2.05) is 13.8 Å². The molecule has 0 aliphatic carbocycles. The quantitative estimate of drug-likeness (QED) is 0.913. The minimum atomic E-state index is -0.851. The zero-order valence-corrected chi connectivity index (χ0v) is 12.3. The van der Waals surface area contributed by atoms with E-state index in [0.717, 1.165) is 0 Å². The maximum atomic E-state index is 12.6. The first-order valence-electron chi connectivity index (χ1n) is 7.12. The van der Waals surface area contributed by atoms with Crippen LogP contribution in [0.5, 0.6) is 5.88 Å². The molecule has 1 aliphatic heterocycles. The molecule has 0 radical (unpaired) electrons. The van der Waals surface area contributed by atoms with Crippen LogP contribution in [0, 0.1) is 11.8 Å². The molecule has 0 bridgehead atoms. The Kier molecular flexibility index (Phi) is 4.77. The Morgan fingerprint density at radius 1 is 1.48 bits per heavy atom. The van der Waals surface area contributed by atoms with Crippen LogP contribution in [0.15, 0.2) is 18.3 Å². The van der Waals surface area contributed by atoms with E-state index in [9.17, 15) is 14.7 Å². The molecule has 1 N–H and O–H groups in total. The summed E-state index contributed by atoms with van der Waals surface area (Å²) in [5.41, 5.74) is 0.387. The predicted octanol–water partition coefficient (Wildman–Crippen LogP) is 1.66. The topological polar surface area (TPSA) is 79.7 Å². The fourth-order valence-electron chi connectivity index (χ4n) is 2.67. The monoisotopic (exact) mass is 292 g/mol. The third-order valence-electron chi connectivity index (χ3n) is 3.58. The second kappa shape index (κ2) is 6.56. The summed E-state index contributed by atoms with van der Waals surface area (Å²) in [6.45, 7) is 5.00. The van der Waals surface area contributed by atoms with Gasteiger partial charge in [-0.15, -0.1) is 0 Å². The summed E-state index contributed by atoms with van der Waals surface area (Å²) in [6, 6.07) is 3.34. The first-order valence-corrected chi connectivity index (χ1v) is 7.12. The van der Waals surface area contributed by atoms with E-state index in [1.165, 1.54) is 0 Å². The van der Waals surface area contributed by atoms with Crippen molar-refractivity contribution in [1.82, 2.24) is 9.88 Å². The van der Waals surface area contributed by atoms with Gasteiger partial charge in [-0.2, -0.15) is 0 Å². The first kappa shape index (κ1) is 15.3. The van der Waals surface area contributed by atoms with Crippen molar-refractivity contribution in [1.29, 1.82) is 0 Å². The van der Waals surface area contributed by atoms with Gasteiger partial charge < -0.3 is 14.7 Å². The van der Waals surface area contributed by atoms with Crippen molar-refractivity contribution in [2.75, 3.05) is 19.7 Å². The number of carboxylic acids is 1. The highest BCUT2D eigenvalue weighted by Crippen LogP contribution is 2.25. The highest BCUT2D eigenvalue weighted by Gasteiger charge is 2.33. The van der Waals surface area contributed by atoms with E-state index in [1.54, 1.807) is 23.2 Å². The number of rotatable bonds is 4. The number of carbonyl (C=O) groups is 2. The zero-order chi connectivity index (χ0) is 15.4. The van der Waals surface area contributed by atoms with Crippen LogP contribution < -0.4 is 4.74 Å². The third kappa shape index (κ3) is 3.51. The van der Waals surface area contributed by atoms with Crippen molar-refractivity contribution < 1.29 is 19.4 Å². The summed E-state index contributed by atoms with van der Waals surface area (Å²) in [4.78, 5) is 29.5. The molecule has 0 saturated carbocycles. The smallest absolute Gasteiger partial charge is 0.308 e. The molecular formula is C15H20N2O4. The van der Waals surface area contributed by atoms with E-state index in [2.05, 4.69) is 4.98 Å². The molecule has 1 aliphatic rings. The number of nitrogens with zero attached hydrogens (tertiary/aromatic N) is 2. The number of carboxylic acid groups (broad SMARTS) is 1. The molecule has 6 heteroatoms. The number of aliphatic carboxylic acids is 1. The number of carbonyl (C=O) groups excluding carboxylic acids is 1. The van der Waals surface area contributed by atoms with E-state index in [4.69, 9.17) is 4.74 Å². The maximum Gasteiger partial charge on any atom is 0.308 e. The predicted molar refractivity (Wildman–Crippen MR) is 76.2 cm³/mol. The molecule has 1 fully saturated rings. The number of aromatic nitrogens is 1. The standard InChI is InChI=1S/C15H20N2O4/c1-3-21-13-12(5-4-6-16-13)14(18)17-8-10(2)7-11(9-17)15(19)20/h4-6,10-11H,3,7-9H2,1-2H3,(H,19,20). The van der Waals surface area contributed by atoms with Crippen molar-refractivity contribution >= 4 is 11.9 Å². The molecule has 2 unspecified atom stereocenters. The molecule has 1 saturated heterocycles. The van der Waals surface area contributed by atoms with Gasteiger partial charge in [0.25, 0.3) is 5.91 Å². The van der Waals surface area contributed by atoms with Crippen LogP contribution in [0.4, 0.5) is 0 Å². The Morgan fingerprint density at radius 2 is 2.24 bits per heavy atom. The minimum Gasteiger partial charge on any atom is -0.481 e. The second-order valence-electron chi connectivity index (χ2n) is 5.38. The average Bonchev–Trinajstić information content (AvgIpc) is 2.47. The molecule has 114 valence electrons. The second-order valence-corrected chi connectivity index (χ2v) is 5.38. The lowest BCUT2D eigenvalue weighted by Crippen LogP contribution is -2.45. The SMILES string of the molecule is CCOc1ncccc1C(=O)N1CC(C)CC(C(=O)O)C1. The summed E-state index contributed by atoms with van der Waals surface area (Å²) in [5.74, 6) is -1.11. The molecule has 0 aromatic carbocycles. The summed E-state index contributed by atoms with van der Waals surface area (Å²) in [6.07, 6.45) is 2.17. The van der Waals surface area contributed by atoms with Gasteiger partial charge in [0.05, 0.1) is 12.5 Å². The largest absolute Gasteiger partial charge is 0.481 e. The van der Waals surface area contributed by atoms with Crippen LogP contribution in [0.1, 0.15) is 30.6 Å². The highest BCUT2D eigenvalue weighted by atomic mass is 16.5. The summed E-state index contributed by atoms with van der Waals surface area (Å²) in [5, 5.41) is 9.19. The van der Waals surface area contributed by atoms with E-state index >= 15 is 0 Å². The number of pyridine rings is 1. The Hall–Kier alpha value is -2.11. The average molecular weight is 292 g/mol. The molecule has 6 nitrogen and oxygen atoms in total. The molecule has 1 aromatic rings. The Morgan fingerprint density at radius 3 is 2.90 bits per heavy atom. The fraction of sp³-hybridized carbons (Fsp3) is 0.533. The van der Waals surface area contributed by atoms with Gasteiger partial charge in [0, 0.05) is 19.3 Å². The van der Waals surface area contributed by atoms with Gasteiger partial charge in [-0.25, -0.2) is 4.98 Å². The number of ether oxygens (including phenoxy) is 1. The van der Waals surface area contributed by atoms with Crippen LogP contribution in [-0.2, 0) is 4.79 Å². The van der Waals surface area contributed by atoms with Crippen LogP contribution >= 0.6 is 0 Å². The van der Waals surface area contributed by atoms with Gasteiger partial charge in [-0.1, -0.05) is 6.92 Å². The minimum absolute atomic E-state index is 0.163. The van der Waals surface area contributed by atoms with Gasteiger partial charge in [0.2, 0.25) is 5.88 Å². The Labute approximate surface area is 123 Å². The van der Waals surface area contributed by atoms with Gasteiger partial charge in [-0.05, 0) is 31.4 Å². The van der Waals surface area contributed by atoms with Gasteiger partial charge >= 0.3 is 5.97 Å². The van der Waals surface area contributed by atoms with Crippen molar-refractivity contribution in [3.8, 4) is 5.88 Å². The lowest BCUT2D eigenvalue weighted by Gasteiger charge is -2.34. The number of hydrogen-bond acceptors (Lipinski definition) is 4. The van der Waals surface area contributed by atoms with E-state index in [0.29, 0.717) is 31.0 Å². The maximum absolute atomic E-state index is 12.6. The zero-order valence-electron chi connectivity index (χ0n) is 12.3. The lowest BCUT2D eigenvalue weighted by molar-refractivity contribution is -0.143. The van der Waals surface area contributed by atoms with Crippen LogP contribution in [0.25, 0.3) is 0 Å². The van der Waals surface area contributed by atoms with Crippen LogP contribution in [0.2, 0.25) is 0 Å². The van der Waals surface area contributed by atoms with Gasteiger partial charge in [0.1, 0.15) is 5.56 Å². The van der Waals surface area contributed by atoms with Crippen LogP contribution in [0.3, 0.4) is 0 Å². The third-order valence-corrected chi connectivity index (χ3v) is 3.58. The Balaban J connectivity index is 2.21. The normalized spacial score (nSPS) is 21.9. The van der Waals surface area contributed by atoms with E-state index in [-0.39, 0.29) is 18.4 Å².